The van der Waals surface area contributed by atoms with E-state index in [2.05, 4.69) is 19.6 Å². The van der Waals surface area contributed by atoms with Crippen molar-refractivity contribution in [1.29, 1.82) is 0 Å². The van der Waals surface area contributed by atoms with E-state index in [1.165, 1.54) is 11.5 Å². The van der Waals surface area contributed by atoms with Gasteiger partial charge in [0.2, 0.25) is 0 Å². The molecule has 16 heavy (non-hydrogen) atoms. The fraction of sp³-hybridized carbons (Fsp3) is 0.100. The summed E-state index contributed by atoms with van der Waals surface area (Å²) < 4.78 is 3.81. The van der Waals surface area contributed by atoms with Gasteiger partial charge in [-0.1, -0.05) is 10.6 Å². The molecule has 2 aromatic heterocycles. The molecule has 0 amide bonds. The van der Waals surface area contributed by atoms with E-state index in [1.54, 1.807) is 6.20 Å². The molecule has 0 unspecified atom stereocenters. The summed E-state index contributed by atoms with van der Waals surface area (Å²) in [6, 6.07) is 5.96. The number of imidazole rings is 1. The summed E-state index contributed by atoms with van der Waals surface area (Å²) in [5, 5.41) is 3.79. The third-order valence-electron chi connectivity index (χ3n) is 2.38. The summed E-state index contributed by atoms with van der Waals surface area (Å²) in [5.74, 6) is 0.805. The molecule has 0 aliphatic carbocycles. The van der Waals surface area contributed by atoms with Gasteiger partial charge in [-0.3, -0.25) is 0 Å². The van der Waals surface area contributed by atoms with Crippen molar-refractivity contribution in [2.75, 3.05) is 0 Å². The number of benzene rings is 1. The molecule has 0 fully saturated rings. The molecule has 3 rings (SSSR count). The van der Waals surface area contributed by atoms with Crippen molar-refractivity contribution < 1.29 is 0 Å². The molecule has 0 atom stereocenters. The number of aromatic nitrogens is 4. The zero-order valence-corrected chi connectivity index (χ0v) is 9.16. The van der Waals surface area contributed by atoms with Gasteiger partial charge in [0.25, 0.3) is 0 Å². The Morgan fingerprint density at radius 1 is 1.38 bits per heavy atom. The number of hydrogen-bond donors (Lipinski definition) is 2. The van der Waals surface area contributed by atoms with E-state index in [9.17, 15) is 0 Å². The van der Waals surface area contributed by atoms with Crippen LogP contribution in [0.2, 0.25) is 0 Å². The Hall–Kier alpha value is -1.79. The molecule has 80 valence electrons. The van der Waals surface area contributed by atoms with E-state index in [1.807, 2.05) is 18.2 Å². The SMILES string of the molecule is NCc1ccc2nc(-c3cnns3)[nH]c2c1. The molecule has 0 saturated carbocycles. The second-order valence-corrected chi connectivity index (χ2v) is 4.21. The molecule has 0 aliphatic rings. The third kappa shape index (κ3) is 1.48. The highest BCUT2D eigenvalue weighted by Gasteiger charge is 2.07. The summed E-state index contributed by atoms with van der Waals surface area (Å²) in [6.07, 6.45) is 1.70. The van der Waals surface area contributed by atoms with Crippen molar-refractivity contribution in [3.63, 3.8) is 0 Å². The molecular formula is C10H9N5S. The van der Waals surface area contributed by atoms with E-state index >= 15 is 0 Å². The van der Waals surface area contributed by atoms with Crippen LogP contribution in [-0.4, -0.2) is 19.6 Å². The highest BCUT2D eigenvalue weighted by molar-refractivity contribution is 7.09. The summed E-state index contributed by atoms with van der Waals surface area (Å²) >= 11 is 1.32. The number of rotatable bonds is 2. The smallest absolute Gasteiger partial charge is 0.151 e. The van der Waals surface area contributed by atoms with Gasteiger partial charge in [-0.15, -0.1) is 5.10 Å². The van der Waals surface area contributed by atoms with Gasteiger partial charge in [-0.25, -0.2) is 4.98 Å². The first-order valence-electron chi connectivity index (χ1n) is 4.83. The summed E-state index contributed by atoms with van der Waals surface area (Å²) in [4.78, 5) is 8.64. The number of nitrogens with two attached hydrogens (primary N) is 1. The maximum Gasteiger partial charge on any atom is 0.151 e. The number of aromatic amines is 1. The Kier molecular flexibility index (Phi) is 2.16. The van der Waals surface area contributed by atoms with Gasteiger partial charge in [-0.2, -0.15) is 0 Å². The normalized spacial score (nSPS) is 11.1. The van der Waals surface area contributed by atoms with Crippen LogP contribution in [0.1, 0.15) is 5.56 Å². The summed E-state index contributed by atoms with van der Waals surface area (Å²) in [6.45, 7) is 0.534. The van der Waals surface area contributed by atoms with E-state index in [0.717, 1.165) is 27.3 Å². The van der Waals surface area contributed by atoms with Crippen LogP contribution in [0.4, 0.5) is 0 Å². The predicted molar refractivity (Wildman–Crippen MR) is 62.9 cm³/mol. The van der Waals surface area contributed by atoms with E-state index in [-0.39, 0.29) is 0 Å². The Labute approximate surface area is 95.5 Å². The second-order valence-electron chi connectivity index (χ2n) is 3.42. The van der Waals surface area contributed by atoms with Crippen LogP contribution < -0.4 is 5.73 Å². The summed E-state index contributed by atoms with van der Waals surface area (Å²) in [7, 11) is 0. The first-order valence-corrected chi connectivity index (χ1v) is 5.60. The molecule has 1 aromatic carbocycles. The molecule has 3 N–H and O–H groups in total. The van der Waals surface area contributed by atoms with Crippen LogP contribution in [0.25, 0.3) is 21.7 Å². The highest BCUT2D eigenvalue weighted by atomic mass is 32.1. The van der Waals surface area contributed by atoms with Gasteiger partial charge in [0.15, 0.2) is 5.82 Å². The number of fused-ring (bicyclic) bond motifs is 1. The minimum atomic E-state index is 0.534. The molecular weight excluding hydrogens is 222 g/mol. The van der Waals surface area contributed by atoms with Crippen molar-refractivity contribution in [3.05, 3.63) is 30.0 Å². The Morgan fingerprint density at radius 3 is 3.06 bits per heavy atom. The molecule has 5 nitrogen and oxygen atoms in total. The lowest BCUT2D eigenvalue weighted by Crippen LogP contribution is -1.95. The van der Waals surface area contributed by atoms with Crippen LogP contribution in [-0.2, 0) is 6.54 Å². The van der Waals surface area contributed by atoms with Gasteiger partial charge in [0.05, 0.1) is 17.2 Å². The molecule has 3 aromatic rings. The molecule has 0 aliphatic heterocycles. The minimum Gasteiger partial charge on any atom is -0.337 e. The first kappa shape index (κ1) is 9.44. The van der Waals surface area contributed by atoms with E-state index in [0.29, 0.717) is 6.54 Å². The lowest BCUT2D eigenvalue weighted by atomic mass is 10.2. The Morgan fingerprint density at radius 2 is 2.31 bits per heavy atom. The zero-order valence-electron chi connectivity index (χ0n) is 8.34. The number of nitrogens with one attached hydrogen (secondary N) is 1. The van der Waals surface area contributed by atoms with Crippen molar-refractivity contribution in [1.82, 2.24) is 19.6 Å². The van der Waals surface area contributed by atoms with Crippen LogP contribution in [0.5, 0.6) is 0 Å². The van der Waals surface area contributed by atoms with Gasteiger partial charge in [0, 0.05) is 6.54 Å². The van der Waals surface area contributed by atoms with Crippen LogP contribution in [0.3, 0.4) is 0 Å². The monoisotopic (exact) mass is 231 g/mol. The number of nitrogens with zero attached hydrogens (tertiary/aromatic N) is 3. The predicted octanol–water partition coefficient (Wildman–Crippen LogP) is 1.54. The first-order chi connectivity index (χ1) is 7.86. The van der Waals surface area contributed by atoms with E-state index in [4.69, 9.17) is 5.73 Å². The number of H-pyrrole nitrogens is 1. The highest BCUT2D eigenvalue weighted by Crippen LogP contribution is 2.22. The average Bonchev–Trinajstić information content (AvgIpc) is 2.96. The lowest BCUT2D eigenvalue weighted by Gasteiger charge is -1.94. The second kappa shape index (κ2) is 3.66. The maximum atomic E-state index is 5.59. The average molecular weight is 231 g/mol. The Balaban J connectivity index is 2.16. The van der Waals surface area contributed by atoms with Crippen LogP contribution in [0.15, 0.2) is 24.4 Å². The lowest BCUT2D eigenvalue weighted by molar-refractivity contribution is 1.07. The van der Waals surface area contributed by atoms with Crippen molar-refractivity contribution in [2.24, 2.45) is 5.73 Å². The Bertz CT molecular complexity index is 613. The standard InChI is InChI=1S/C10H9N5S/c11-4-6-1-2-7-8(3-6)14-10(13-7)9-5-12-15-16-9/h1-3,5H,4,11H2,(H,13,14). The number of hydrogen-bond acceptors (Lipinski definition) is 5. The van der Waals surface area contributed by atoms with Crippen LogP contribution >= 0.6 is 11.5 Å². The van der Waals surface area contributed by atoms with Gasteiger partial charge in [-0.05, 0) is 29.2 Å². The molecule has 0 bridgehead atoms. The van der Waals surface area contributed by atoms with Gasteiger partial charge < -0.3 is 10.7 Å². The van der Waals surface area contributed by atoms with Crippen molar-refractivity contribution in [3.8, 4) is 10.7 Å². The molecule has 0 saturated heterocycles. The van der Waals surface area contributed by atoms with Gasteiger partial charge in [0.1, 0.15) is 4.88 Å². The molecule has 2 heterocycles. The fourth-order valence-electron chi connectivity index (χ4n) is 1.57. The quantitative estimate of drug-likeness (QED) is 0.701. The van der Waals surface area contributed by atoms with Crippen molar-refractivity contribution >= 4 is 22.6 Å². The van der Waals surface area contributed by atoms with Crippen LogP contribution in [0, 0.1) is 0 Å². The fourth-order valence-corrected chi connectivity index (χ4v) is 2.03. The zero-order chi connectivity index (χ0) is 11.0. The summed E-state index contributed by atoms with van der Waals surface area (Å²) in [5.41, 5.74) is 8.60. The molecule has 6 heteroatoms. The third-order valence-corrected chi connectivity index (χ3v) is 3.05. The largest absolute Gasteiger partial charge is 0.337 e. The topological polar surface area (TPSA) is 80.5 Å². The molecule has 0 radical (unpaired) electrons. The molecule has 0 spiro atoms. The maximum absolute atomic E-state index is 5.59. The van der Waals surface area contributed by atoms with E-state index < -0.39 is 0 Å². The van der Waals surface area contributed by atoms with Crippen molar-refractivity contribution in [2.45, 2.75) is 6.54 Å². The minimum absolute atomic E-state index is 0.534. The van der Waals surface area contributed by atoms with Gasteiger partial charge >= 0.3 is 0 Å².